The molecule has 0 unspecified atom stereocenters. The van der Waals surface area contributed by atoms with Crippen LogP contribution in [0.1, 0.15) is 24.0 Å². The summed E-state index contributed by atoms with van der Waals surface area (Å²) in [6.45, 7) is 2.52. The van der Waals surface area contributed by atoms with Crippen molar-refractivity contribution in [3.8, 4) is 6.07 Å². The van der Waals surface area contributed by atoms with Crippen molar-refractivity contribution in [2.45, 2.75) is 25.9 Å². The topological polar surface area (TPSA) is 53.6 Å². The van der Waals surface area contributed by atoms with Crippen LogP contribution in [0.15, 0.2) is 36.9 Å². The Balaban J connectivity index is 1.65. The molecule has 0 aliphatic carbocycles. The summed E-state index contributed by atoms with van der Waals surface area (Å²) in [5.74, 6) is -0.461. The van der Waals surface area contributed by atoms with E-state index in [0.717, 1.165) is 31.5 Å². The minimum Gasteiger partial charge on any atom is -0.337 e. The van der Waals surface area contributed by atoms with Crippen LogP contribution in [0.5, 0.6) is 0 Å². The monoisotopic (exact) mass is 272 g/mol. The summed E-state index contributed by atoms with van der Waals surface area (Å²) in [4.78, 5) is 3.99. The zero-order valence-corrected chi connectivity index (χ0v) is 11.2. The number of imidazole rings is 1. The van der Waals surface area contributed by atoms with Gasteiger partial charge in [-0.3, -0.25) is 0 Å². The molecule has 0 fully saturated rings. The summed E-state index contributed by atoms with van der Waals surface area (Å²) in [5.41, 5.74) is 1.03. The van der Waals surface area contributed by atoms with E-state index in [1.807, 2.05) is 18.6 Å². The van der Waals surface area contributed by atoms with Crippen LogP contribution in [0.2, 0.25) is 0 Å². The number of aryl methyl sites for hydroxylation is 1. The maximum Gasteiger partial charge on any atom is 0.140 e. The van der Waals surface area contributed by atoms with Crippen molar-refractivity contribution in [3.05, 3.63) is 53.9 Å². The van der Waals surface area contributed by atoms with E-state index in [9.17, 15) is 4.39 Å². The molecule has 104 valence electrons. The highest BCUT2D eigenvalue weighted by Gasteiger charge is 2.02. The van der Waals surface area contributed by atoms with Gasteiger partial charge < -0.3 is 9.88 Å². The number of halogens is 1. The Kier molecular flexibility index (Phi) is 5.27. The van der Waals surface area contributed by atoms with Gasteiger partial charge >= 0.3 is 0 Å². The second-order valence-corrected chi connectivity index (χ2v) is 4.61. The van der Waals surface area contributed by atoms with Crippen LogP contribution >= 0.6 is 0 Å². The van der Waals surface area contributed by atoms with E-state index in [1.54, 1.807) is 18.3 Å². The van der Waals surface area contributed by atoms with E-state index >= 15 is 0 Å². The largest absolute Gasteiger partial charge is 0.337 e. The lowest BCUT2D eigenvalue weighted by atomic mass is 10.1. The predicted molar refractivity (Wildman–Crippen MR) is 74.3 cm³/mol. The molecule has 0 amide bonds. The molecule has 0 aliphatic heterocycles. The first-order chi connectivity index (χ1) is 9.79. The summed E-state index contributed by atoms with van der Waals surface area (Å²) in [6, 6.07) is 6.49. The molecule has 2 rings (SSSR count). The van der Waals surface area contributed by atoms with E-state index < -0.39 is 5.82 Å². The Labute approximate surface area is 117 Å². The van der Waals surface area contributed by atoms with Gasteiger partial charge in [0.25, 0.3) is 0 Å². The van der Waals surface area contributed by atoms with Crippen LogP contribution in [0.25, 0.3) is 0 Å². The van der Waals surface area contributed by atoms with Crippen LogP contribution in [0.3, 0.4) is 0 Å². The molecule has 0 bridgehead atoms. The lowest BCUT2D eigenvalue weighted by Gasteiger charge is -2.06. The number of rotatable bonds is 7. The first-order valence-electron chi connectivity index (χ1n) is 6.64. The number of benzene rings is 1. The summed E-state index contributed by atoms with van der Waals surface area (Å²) in [7, 11) is 0. The van der Waals surface area contributed by atoms with Gasteiger partial charge in [0, 0.05) is 25.5 Å². The normalized spacial score (nSPS) is 10.4. The SMILES string of the molecule is N#Cc1cc(CNCCCCn2ccnc2)ccc1F. The molecule has 0 saturated heterocycles. The predicted octanol–water partition coefficient (Wildman–Crippen LogP) is 2.46. The molecule has 0 atom stereocenters. The standard InChI is InChI=1S/C15H17FN4/c16-15-4-3-13(9-14(15)10-17)11-18-5-1-2-7-20-8-6-19-12-20/h3-4,6,8-9,12,18H,1-2,5,7,11H2. The molecule has 0 spiro atoms. The van der Waals surface area contributed by atoms with Gasteiger partial charge in [-0.2, -0.15) is 5.26 Å². The van der Waals surface area contributed by atoms with Gasteiger partial charge in [-0.25, -0.2) is 9.37 Å². The van der Waals surface area contributed by atoms with Crippen LogP contribution in [-0.2, 0) is 13.1 Å². The van der Waals surface area contributed by atoms with E-state index in [4.69, 9.17) is 5.26 Å². The highest BCUT2D eigenvalue weighted by Crippen LogP contribution is 2.09. The Morgan fingerprint density at radius 2 is 2.25 bits per heavy atom. The summed E-state index contributed by atoms with van der Waals surface area (Å²) < 4.78 is 15.2. The maximum absolute atomic E-state index is 13.1. The molecular formula is C15H17FN4. The number of nitriles is 1. The second-order valence-electron chi connectivity index (χ2n) is 4.61. The molecule has 1 heterocycles. The molecule has 1 N–H and O–H groups in total. The molecule has 4 nitrogen and oxygen atoms in total. The third kappa shape index (κ3) is 4.18. The fraction of sp³-hybridized carbons (Fsp3) is 0.333. The van der Waals surface area contributed by atoms with Gasteiger partial charge in [0.05, 0.1) is 11.9 Å². The molecule has 2 aromatic rings. The first kappa shape index (κ1) is 14.2. The molecule has 1 aromatic carbocycles. The van der Waals surface area contributed by atoms with Crippen molar-refractivity contribution in [1.82, 2.24) is 14.9 Å². The molecule has 0 radical (unpaired) electrons. The number of hydrogen-bond acceptors (Lipinski definition) is 3. The van der Waals surface area contributed by atoms with Crippen molar-refractivity contribution in [2.75, 3.05) is 6.54 Å². The van der Waals surface area contributed by atoms with Crippen molar-refractivity contribution in [2.24, 2.45) is 0 Å². The number of unbranched alkanes of at least 4 members (excludes halogenated alkanes) is 1. The van der Waals surface area contributed by atoms with Crippen LogP contribution in [-0.4, -0.2) is 16.1 Å². The minimum absolute atomic E-state index is 0.101. The highest BCUT2D eigenvalue weighted by molar-refractivity contribution is 5.34. The molecular weight excluding hydrogens is 255 g/mol. The van der Waals surface area contributed by atoms with Gasteiger partial charge in [-0.1, -0.05) is 6.07 Å². The lowest BCUT2D eigenvalue weighted by Crippen LogP contribution is -2.15. The van der Waals surface area contributed by atoms with Gasteiger partial charge in [-0.15, -0.1) is 0 Å². The number of nitrogens with zero attached hydrogens (tertiary/aromatic N) is 3. The van der Waals surface area contributed by atoms with Gasteiger partial charge in [0.15, 0.2) is 0 Å². The number of aromatic nitrogens is 2. The van der Waals surface area contributed by atoms with E-state index in [1.165, 1.54) is 6.07 Å². The van der Waals surface area contributed by atoms with E-state index in [2.05, 4.69) is 14.9 Å². The van der Waals surface area contributed by atoms with Gasteiger partial charge in [-0.05, 0) is 37.1 Å². The lowest BCUT2D eigenvalue weighted by molar-refractivity contribution is 0.567. The molecule has 0 saturated carbocycles. The minimum atomic E-state index is -0.461. The average molecular weight is 272 g/mol. The van der Waals surface area contributed by atoms with E-state index in [0.29, 0.717) is 6.54 Å². The fourth-order valence-corrected chi connectivity index (χ4v) is 1.96. The third-order valence-corrected chi connectivity index (χ3v) is 3.06. The van der Waals surface area contributed by atoms with Crippen molar-refractivity contribution in [1.29, 1.82) is 5.26 Å². The zero-order valence-electron chi connectivity index (χ0n) is 11.2. The van der Waals surface area contributed by atoms with Crippen LogP contribution in [0.4, 0.5) is 4.39 Å². The Morgan fingerprint density at radius 1 is 1.35 bits per heavy atom. The summed E-state index contributed by atoms with van der Waals surface area (Å²) in [5, 5.41) is 12.1. The second kappa shape index (κ2) is 7.41. The third-order valence-electron chi connectivity index (χ3n) is 3.06. The van der Waals surface area contributed by atoms with Gasteiger partial charge in [0.1, 0.15) is 11.9 Å². The average Bonchev–Trinajstić information content (AvgIpc) is 2.97. The van der Waals surface area contributed by atoms with Crippen molar-refractivity contribution >= 4 is 0 Å². The Bertz CT molecular complexity index is 572. The van der Waals surface area contributed by atoms with Gasteiger partial charge in [0.2, 0.25) is 0 Å². The molecule has 20 heavy (non-hydrogen) atoms. The van der Waals surface area contributed by atoms with Crippen molar-refractivity contribution in [3.63, 3.8) is 0 Å². The number of hydrogen-bond donors (Lipinski definition) is 1. The van der Waals surface area contributed by atoms with Crippen LogP contribution in [0, 0.1) is 17.1 Å². The quantitative estimate of drug-likeness (QED) is 0.788. The fourth-order valence-electron chi connectivity index (χ4n) is 1.96. The van der Waals surface area contributed by atoms with Crippen molar-refractivity contribution < 1.29 is 4.39 Å². The Morgan fingerprint density at radius 3 is 3.00 bits per heavy atom. The molecule has 1 aromatic heterocycles. The van der Waals surface area contributed by atoms with Crippen LogP contribution < -0.4 is 5.32 Å². The summed E-state index contributed by atoms with van der Waals surface area (Å²) >= 11 is 0. The first-order valence-corrected chi connectivity index (χ1v) is 6.64. The molecule has 5 heteroatoms. The molecule has 0 aliphatic rings. The highest BCUT2D eigenvalue weighted by atomic mass is 19.1. The smallest absolute Gasteiger partial charge is 0.140 e. The maximum atomic E-state index is 13.1. The Hall–Kier alpha value is -2.19. The van der Waals surface area contributed by atoms with E-state index in [-0.39, 0.29) is 5.56 Å². The summed E-state index contributed by atoms with van der Waals surface area (Å²) in [6.07, 6.45) is 7.69. The number of nitrogens with one attached hydrogen (secondary N) is 1. The zero-order chi connectivity index (χ0) is 14.2.